The van der Waals surface area contributed by atoms with E-state index in [0.29, 0.717) is 12.1 Å². The summed E-state index contributed by atoms with van der Waals surface area (Å²) in [6.07, 6.45) is 0.820. The molecule has 0 saturated heterocycles. The zero-order valence-electron chi connectivity index (χ0n) is 11.8. The van der Waals surface area contributed by atoms with E-state index in [1.165, 1.54) is 24.3 Å². The van der Waals surface area contributed by atoms with Crippen LogP contribution in [-0.4, -0.2) is 30.9 Å². The van der Waals surface area contributed by atoms with Crippen LogP contribution in [0.25, 0.3) is 0 Å². The van der Waals surface area contributed by atoms with Crippen LogP contribution in [0, 0.1) is 5.82 Å². The van der Waals surface area contributed by atoms with Gasteiger partial charge in [-0.25, -0.2) is 4.39 Å². The molecule has 1 rings (SSSR count). The molecule has 20 heavy (non-hydrogen) atoms. The molecule has 0 aliphatic heterocycles. The Labute approximate surface area is 118 Å². The fourth-order valence-electron chi connectivity index (χ4n) is 1.78. The van der Waals surface area contributed by atoms with Gasteiger partial charge in [0.05, 0.1) is 19.1 Å². The zero-order valence-corrected chi connectivity index (χ0v) is 11.8. The molecule has 1 aromatic rings. The van der Waals surface area contributed by atoms with Crippen LogP contribution in [0.15, 0.2) is 24.3 Å². The number of esters is 1. The standard InChI is InChI=1S/C15H20FNO3/c1-3-9-17-13(10-14(18)20-4-2)15(19)11-5-7-12(16)8-6-11/h5-8,13,17H,3-4,9-10H2,1-2H3. The molecule has 4 nitrogen and oxygen atoms in total. The third-order valence-corrected chi connectivity index (χ3v) is 2.76. The van der Waals surface area contributed by atoms with Crippen LogP contribution < -0.4 is 5.32 Å². The second-order valence-corrected chi connectivity index (χ2v) is 4.39. The first kappa shape index (κ1) is 16.3. The molecule has 1 N–H and O–H groups in total. The second-order valence-electron chi connectivity index (χ2n) is 4.39. The Bertz CT molecular complexity index is 445. The fourth-order valence-corrected chi connectivity index (χ4v) is 1.78. The van der Waals surface area contributed by atoms with Crippen molar-refractivity contribution >= 4 is 11.8 Å². The highest BCUT2D eigenvalue weighted by Gasteiger charge is 2.23. The maximum atomic E-state index is 12.9. The molecular formula is C15H20FNO3. The molecule has 0 fully saturated rings. The molecule has 0 amide bonds. The highest BCUT2D eigenvalue weighted by molar-refractivity contribution is 6.01. The third kappa shape index (κ3) is 5.09. The van der Waals surface area contributed by atoms with Crippen LogP contribution in [0.2, 0.25) is 0 Å². The molecule has 110 valence electrons. The summed E-state index contributed by atoms with van der Waals surface area (Å²) in [4.78, 5) is 23.8. The van der Waals surface area contributed by atoms with Crippen LogP contribution in [0.4, 0.5) is 4.39 Å². The van der Waals surface area contributed by atoms with Crippen LogP contribution in [-0.2, 0) is 9.53 Å². The van der Waals surface area contributed by atoms with E-state index < -0.39 is 17.8 Å². The molecule has 0 heterocycles. The number of ketones is 1. The summed E-state index contributed by atoms with van der Waals surface area (Å²) in [7, 11) is 0. The number of rotatable bonds is 8. The van der Waals surface area contributed by atoms with Crippen molar-refractivity contribution in [2.75, 3.05) is 13.2 Å². The summed E-state index contributed by atoms with van der Waals surface area (Å²) >= 11 is 0. The molecule has 1 aromatic carbocycles. The SMILES string of the molecule is CCCNC(CC(=O)OCC)C(=O)c1ccc(F)cc1. The van der Waals surface area contributed by atoms with Crippen molar-refractivity contribution in [1.29, 1.82) is 0 Å². The number of carbonyl (C=O) groups is 2. The molecule has 0 saturated carbocycles. The number of halogens is 1. The van der Waals surface area contributed by atoms with Gasteiger partial charge in [-0.05, 0) is 44.2 Å². The van der Waals surface area contributed by atoms with Gasteiger partial charge >= 0.3 is 5.97 Å². The minimum atomic E-state index is -0.639. The maximum Gasteiger partial charge on any atom is 0.307 e. The monoisotopic (exact) mass is 281 g/mol. The van der Waals surface area contributed by atoms with Crippen molar-refractivity contribution in [3.8, 4) is 0 Å². The van der Waals surface area contributed by atoms with E-state index >= 15 is 0 Å². The third-order valence-electron chi connectivity index (χ3n) is 2.76. The normalized spacial score (nSPS) is 11.9. The lowest BCUT2D eigenvalue weighted by atomic mass is 10.0. The van der Waals surface area contributed by atoms with E-state index in [-0.39, 0.29) is 18.8 Å². The maximum absolute atomic E-state index is 12.9. The van der Waals surface area contributed by atoms with E-state index in [0.717, 1.165) is 6.42 Å². The minimum Gasteiger partial charge on any atom is -0.466 e. The average molecular weight is 281 g/mol. The van der Waals surface area contributed by atoms with Crippen LogP contribution >= 0.6 is 0 Å². The van der Waals surface area contributed by atoms with Crippen molar-refractivity contribution in [3.63, 3.8) is 0 Å². The lowest BCUT2D eigenvalue weighted by Crippen LogP contribution is -2.39. The van der Waals surface area contributed by atoms with Crippen molar-refractivity contribution in [2.45, 2.75) is 32.7 Å². The van der Waals surface area contributed by atoms with Crippen molar-refractivity contribution in [1.82, 2.24) is 5.32 Å². The number of nitrogens with one attached hydrogen (secondary N) is 1. The Morgan fingerprint density at radius 2 is 1.90 bits per heavy atom. The Morgan fingerprint density at radius 1 is 1.25 bits per heavy atom. The summed E-state index contributed by atoms with van der Waals surface area (Å²) in [6, 6.07) is 4.66. The van der Waals surface area contributed by atoms with Crippen LogP contribution in [0.1, 0.15) is 37.0 Å². The topological polar surface area (TPSA) is 55.4 Å². The Kier molecular flexibility index (Phi) is 6.87. The first-order valence-corrected chi connectivity index (χ1v) is 6.77. The molecule has 0 bridgehead atoms. The Balaban J connectivity index is 2.77. The van der Waals surface area contributed by atoms with Gasteiger partial charge in [0.15, 0.2) is 5.78 Å². The van der Waals surface area contributed by atoms with Gasteiger partial charge in [-0.15, -0.1) is 0 Å². The molecule has 0 aliphatic rings. The Hall–Kier alpha value is -1.75. The molecule has 1 atom stereocenters. The largest absolute Gasteiger partial charge is 0.466 e. The lowest BCUT2D eigenvalue weighted by Gasteiger charge is -2.16. The predicted octanol–water partition coefficient (Wildman–Crippen LogP) is 2.33. The summed E-state index contributed by atoms with van der Waals surface area (Å²) in [5.41, 5.74) is 0.379. The van der Waals surface area contributed by atoms with Crippen molar-refractivity contribution in [2.24, 2.45) is 0 Å². The number of carbonyl (C=O) groups excluding carboxylic acids is 2. The van der Waals surface area contributed by atoms with Crippen molar-refractivity contribution < 1.29 is 18.7 Å². The van der Waals surface area contributed by atoms with Gasteiger partial charge in [0, 0.05) is 5.56 Å². The molecule has 0 spiro atoms. The summed E-state index contributed by atoms with van der Waals surface area (Å²) < 4.78 is 17.7. The number of ether oxygens (including phenoxy) is 1. The molecule has 1 unspecified atom stereocenters. The number of hydrogen-bond donors (Lipinski definition) is 1. The van der Waals surface area contributed by atoms with Gasteiger partial charge in [-0.2, -0.15) is 0 Å². The predicted molar refractivity (Wildman–Crippen MR) is 74.1 cm³/mol. The van der Waals surface area contributed by atoms with Gasteiger partial charge in [0.2, 0.25) is 0 Å². The summed E-state index contributed by atoms with van der Waals surface area (Å²) in [5, 5.41) is 3.03. The highest BCUT2D eigenvalue weighted by atomic mass is 19.1. The van der Waals surface area contributed by atoms with E-state index in [1.54, 1.807) is 6.92 Å². The molecule has 0 radical (unpaired) electrons. The van der Waals surface area contributed by atoms with Crippen LogP contribution in [0.5, 0.6) is 0 Å². The lowest BCUT2D eigenvalue weighted by molar-refractivity contribution is -0.143. The molecule has 5 heteroatoms. The fraction of sp³-hybridized carbons (Fsp3) is 0.467. The highest BCUT2D eigenvalue weighted by Crippen LogP contribution is 2.09. The zero-order chi connectivity index (χ0) is 15.0. The number of Topliss-reactive ketones (excluding diaryl/α,β-unsaturated/α-hetero) is 1. The first-order chi connectivity index (χ1) is 9.58. The number of hydrogen-bond acceptors (Lipinski definition) is 4. The van der Waals surface area contributed by atoms with E-state index in [1.807, 2.05) is 6.92 Å². The molecule has 0 aliphatic carbocycles. The van der Waals surface area contributed by atoms with Gasteiger partial charge in [0.1, 0.15) is 5.82 Å². The Morgan fingerprint density at radius 3 is 2.45 bits per heavy atom. The second kappa shape index (κ2) is 8.43. The van der Waals surface area contributed by atoms with Gasteiger partial charge in [0.25, 0.3) is 0 Å². The van der Waals surface area contributed by atoms with Gasteiger partial charge in [-0.1, -0.05) is 6.92 Å². The summed E-state index contributed by atoms with van der Waals surface area (Å²) in [6.45, 7) is 4.59. The van der Waals surface area contributed by atoms with E-state index in [2.05, 4.69) is 5.32 Å². The van der Waals surface area contributed by atoms with E-state index in [9.17, 15) is 14.0 Å². The number of benzene rings is 1. The minimum absolute atomic E-state index is 0.0238. The average Bonchev–Trinajstić information content (AvgIpc) is 2.44. The van der Waals surface area contributed by atoms with Crippen molar-refractivity contribution in [3.05, 3.63) is 35.6 Å². The van der Waals surface area contributed by atoms with E-state index in [4.69, 9.17) is 4.74 Å². The molecule has 0 aromatic heterocycles. The quantitative estimate of drug-likeness (QED) is 0.587. The smallest absolute Gasteiger partial charge is 0.307 e. The van der Waals surface area contributed by atoms with Crippen LogP contribution in [0.3, 0.4) is 0 Å². The first-order valence-electron chi connectivity index (χ1n) is 6.77. The van der Waals surface area contributed by atoms with Gasteiger partial charge < -0.3 is 10.1 Å². The van der Waals surface area contributed by atoms with Gasteiger partial charge in [-0.3, -0.25) is 9.59 Å². The molecular weight excluding hydrogens is 261 g/mol. The summed E-state index contributed by atoms with van der Waals surface area (Å²) in [5.74, 6) is -1.05.